The quantitative estimate of drug-likeness (QED) is 0.432. The molecule has 0 aromatic carbocycles. The molecule has 6 heteroatoms. The highest BCUT2D eigenvalue weighted by Gasteiger charge is 2.08. The fourth-order valence-corrected chi connectivity index (χ4v) is 3.03. The molecule has 1 aliphatic heterocycles. The van der Waals surface area contributed by atoms with Crippen LogP contribution in [0.3, 0.4) is 0 Å². The van der Waals surface area contributed by atoms with Crippen molar-refractivity contribution < 1.29 is 0 Å². The summed E-state index contributed by atoms with van der Waals surface area (Å²) in [6.07, 6.45) is 5.06. The molecule has 114 valence electrons. The summed E-state index contributed by atoms with van der Waals surface area (Å²) in [6.45, 7) is 5.15. The minimum atomic E-state index is 0. The van der Waals surface area contributed by atoms with E-state index in [0.29, 0.717) is 5.96 Å². The van der Waals surface area contributed by atoms with Gasteiger partial charge in [-0.25, -0.2) is 0 Å². The second kappa shape index (κ2) is 10.4. The molecule has 0 saturated carbocycles. The zero-order valence-corrected chi connectivity index (χ0v) is 15.0. The van der Waals surface area contributed by atoms with Crippen LogP contribution in [0.5, 0.6) is 0 Å². The van der Waals surface area contributed by atoms with Crippen LogP contribution in [0.4, 0.5) is 0 Å². The third kappa shape index (κ3) is 6.90. The molecule has 0 amide bonds. The third-order valence-corrected chi connectivity index (χ3v) is 4.34. The molecule has 3 N–H and O–H groups in total. The Balaban J connectivity index is 0.00000200. The maximum Gasteiger partial charge on any atom is 0.188 e. The van der Waals surface area contributed by atoms with Crippen LogP contribution in [0.2, 0.25) is 0 Å². The van der Waals surface area contributed by atoms with Gasteiger partial charge >= 0.3 is 0 Å². The van der Waals surface area contributed by atoms with E-state index in [4.69, 9.17) is 5.73 Å². The van der Waals surface area contributed by atoms with Crippen molar-refractivity contribution in [2.24, 2.45) is 10.7 Å². The largest absolute Gasteiger partial charge is 0.370 e. The zero-order valence-electron chi connectivity index (χ0n) is 11.9. The molecule has 1 fully saturated rings. The number of nitrogens with one attached hydrogen (secondary N) is 1. The first-order valence-electron chi connectivity index (χ1n) is 7.13. The van der Waals surface area contributed by atoms with Gasteiger partial charge < -0.3 is 16.0 Å². The molecule has 0 bridgehead atoms. The standard InChI is InChI=1S/C14H24N4S.HI/c15-14(16-7-6-13-5-4-12-19-13)17-8-11-18-9-2-1-3-10-18;/h4-5,12H,1-3,6-11H2,(H3,15,16,17);1H. The lowest BCUT2D eigenvalue weighted by atomic mass is 10.1. The van der Waals surface area contributed by atoms with Crippen molar-refractivity contribution in [3.63, 3.8) is 0 Å². The number of aliphatic imine (C=N–C) groups is 1. The van der Waals surface area contributed by atoms with Crippen LogP contribution >= 0.6 is 35.3 Å². The van der Waals surface area contributed by atoms with E-state index in [9.17, 15) is 0 Å². The number of halogens is 1. The topological polar surface area (TPSA) is 53.6 Å². The summed E-state index contributed by atoms with van der Waals surface area (Å²) in [5.74, 6) is 0.577. The molecule has 20 heavy (non-hydrogen) atoms. The Morgan fingerprint density at radius 1 is 1.35 bits per heavy atom. The van der Waals surface area contributed by atoms with Crippen molar-refractivity contribution in [2.75, 3.05) is 32.7 Å². The lowest BCUT2D eigenvalue weighted by Gasteiger charge is -2.25. The summed E-state index contributed by atoms with van der Waals surface area (Å²) in [5.41, 5.74) is 5.85. The number of piperidine rings is 1. The van der Waals surface area contributed by atoms with E-state index in [1.807, 2.05) is 0 Å². The molecule has 1 aliphatic rings. The molecule has 0 spiro atoms. The van der Waals surface area contributed by atoms with Crippen LogP contribution in [0.15, 0.2) is 22.5 Å². The Morgan fingerprint density at radius 3 is 2.85 bits per heavy atom. The number of likely N-dealkylation sites (tertiary alicyclic amines) is 1. The Kier molecular flexibility index (Phi) is 9.21. The Labute approximate surface area is 142 Å². The van der Waals surface area contributed by atoms with Gasteiger partial charge in [-0.3, -0.25) is 4.99 Å². The molecule has 0 atom stereocenters. The van der Waals surface area contributed by atoms with E-state index in [2.05, 4.69) is 32.7 Å². The van der Waals surface area contributed by atoms with Crippen LogP contribution in [0.25, 0.3) is 0 Å². The highest BCUT2D eigenvalue weighted by Crippen LogP contribution is 2.08. The normalized spacial score (nSPS) is 16.7. The Morgan fingerprint density at radius 2 is 2.15 bits per heavy atom. The molecule has 4 nitrogen and oxygen atoms in total. The summed E-state index contributed by atoms with van der Waals surface area (Å²) in [7, 11) is 0. The number of rotatable bonds is 6. The van der Waals surface area contributed by atoms with Crippen LogP contribution in [0, 0.1) is 0 Å². The van der Waals surface area contributed by atoms with Crippen LogP contribution in [-0.2, 0) is 6.42 Å². The SMILES string of the molecule is I.NC(=NCCN1CCCCC1)NCCc1cccs1. The van der Waals surface area contributed by atoms with Crippen LogP contribution in [0.1, 0.15) is 24.1 Å². The highest BCUT2D eigenvalue weighted by atomic mass is 127. The minimum absolute atomic E-state index is 0. The predicted molar refractivity (Wildman–Crippen MR) is 98.2 cm³/mol. The molecule has 2 heterocycles. The summed E-state index contributed by atoms with van der Waals surface area (Å²) in [4.78, 5) is 8.24. The lowest BCUT2D eigenvalue weighted by Crippen LogP contribution is -2.35. The van der Waals surface area contributed by atoms with Gasteiger partial charge in [0.1, 0.15) is 0 Å². The maximum atomic E-state index is 5.85. The van der Waals surface area contributed by atoms with Gasteiger partial charge in [0.2, 0.25) is 0 Å². The Bertz CT molecular complexity index is 375. The minimum Gasteiger partial charge on any atom is -0.370 e. The molecular weight excluding hydrogens is 383 g/mol. The first kappa shape index (κ1) is 17.7. The summed E-state index contributed by atoms with van der Waals surface area (Å²) >= 11 is 1.78. The van der Waals surface area contributed by atoms with Gasteiger partial charge in [0.15, 0.2) is 5.96 Å². The molecule has 0 radical (unpaired) electrons. The molecule has 1 saturated heterocycles. The zero-order chi connectivity index (χ0) is 13.3. The molecule has 2 rings (SSSR count). The fourth-order valence-electron chi connectivity index (χ4n) is 2.32. The highest BCUT2D eigenvalue weighted by molar-refractivity contribution is 14.0. The second-order valence-electron chi connectivity index (χ2n) is 4.93. The maximum absolute atomic E-state index is 5.85. The number of thiophene rings is 1. The van der Waals surface area contributed by atoms with E-state index < -0.39 is 0 Å². The van der Waals surface area contributed by atoms with Crippen molar-refractivity contribution in [1.29, 1.82) is 0 Å². The van der Waals surface area contributed by atoms with Crippen molar-refractivity contribution in [2.45, 2.75) is 25.7 Å². The van der Waals surface area contributed by atoms with E-state index in [0.717, 1.165) is 26.1 Å². The Hall–Kier alpha value is -0.340. The first-order valence-corrected chi connectivity index (χ1v) is 8.01. The second-order valence-corrected chi connectivity index (χ2v) is 5.96. The third-order valence-electron chi connectivity index (χ3n) is 3.40. The molecule has 0 aliphatic carbocycles. The first-order chi connectivity index (χ1) is 9.34. The predicted octanol–water partition coefficient (Wildman–Crippen LogP) is 2.30. The number of hydrogen-bond donors (Lipinski definition) is 2. The summed E-state index contributed by atoms with van der Waals surface area (Å²) in [6, 6.07) is 4.23. The van der Waals surface area contributed by atoms with Gasteiger partial charge in [-0.05, 0) is 43.8 Å². The van der Waals surface area contributed by atoms with Crippen molar-refractivity contribution in [3.8, 4) is 0 Å². The van der Waals surface area contributed by atoms with Gasteiger partial charge in [-0.15, -0.1) is 35.3 Å². The lowest BCUT2D eigenvalue weighted by molar-refractivity contribution is 0.235. The number of guanidine groups is 1. The van der Waals surface area contributed by atoms with Gasteiger partial charge in [-0.2, -0.15) is 0 Å². The molecule has 0 unspecified atom stereocenters. The molecule has 1 aromatic rings. The van der Waals surface area contributed by atoms with Gasteiger partial charge in [0.05, 0.1) is 6.54 Å². The molecular formula is C14H25IN4S. The number of hydrogen-bond acceptors (Lipinski definition) is 3. The van der Waals surface area contributed by atoms with Crippen molar-refractivity contribution >= 4 is 41.3 Å². The van der Waals surface area contributed by atoms with E-state index >= 15 is 0 Å². The van der Waals surface area contributed by atoms with Crippen LogP contribution in [-0.4, -0.2) is 43.6 Å². The number of nitrogens with two attached hydrogens (primary N) is 1. The van der Waals surface area contributed by atoms with Gasteiger partial charge in [-0.1, -0.05) is 12.5 Å². The average molecular weight is 408 g/mol. The summed E-state index contributed by atoms with van der Waals surface area (Å²) < 4.78 is 0. The van der Waals surface area contributed by atoms with E-state index in [1.54, 1.807) is 11.3 Å². The average Bonchev–Trinajstić information content (AvgIpc) is 2.93. The van der Waals surface area contributed by atoms with Gasteiger partial charge in [0, 0.05) is 18.0 Å². The molecule has 1 aromatic heterocycles. The van der Waals surface area contributed by atoms with E-state index in [1.165, 1.54) is 37.2 Å². The van der Waals surface area contributed by atoms with Crippen molar-refractivity contribution in [3.05, 3.63) is 22.4 Å². The van der Waals surface area contributed by atoms with Gasteiger partial charge in [0.25, 0.3) is 0 Å². The number of nitrogens with zero attached hydrogens (tertiary/aromatic N) is 2. The van der Waals surface area contributed by atoms with E-state index in [-0.39, 0.29) is 24.0 Å². The smallest absolute Gasteiger partial charge is 0.188 e. The van der Waals surface area contributed by atoms with Crippen LogP contribution < -0.4 is 11.1 Å². The summed E-state index contributed by atoms with van der Waals surface area (Å²) in [5, 5.41) is 5.28. The monoisotopic (exact) mass is 408 g/mol. The van der Waals surface area contributed by atoms with Crippen molar-refractivity contribution in [1.82, 2.24) is 10.2 Å². The fraction of sp³-hybridized carbons (Fsp3) is 0.643.